The van der Waals surface area contributed by atoms with Gasteiger partial charge in [-0.15, -0.1) is 0 Å². The Kier molecular flexibility index (Phi) is 6.05. The predicted octanol–water partition coefficient (Wildman–Crippen LogP) is 6.17. The molecule has 0 radical (unpaired) electrons. The molecule has 2 aromatic heterocycles. The van der Waals surface area contributed by atoms with Crippen LogP contribution in [0.1, 0.15) is 18.9 Å². The van der Waals surface area contributed by atoms with Crippen molar-refractivity contribution in [2.24, 2.45) is 0 Å². The molecule has 0 fully saturated rings. The summed E-state index contributed by atoms with van der Waals surface area (Å²) < 4.78 is 40.1. The average molecular weight is 506 g/mol. The molecule has 0 saturated carbocycles. The lowest BCUT2D eigenvalue weighted by Crippen LogP contribution is -2.42. The second-order valence-corrected chi connectivity index (χ2v) is 8.17. The monoisotopic (exact) mass is 505 g/mol. The molecule has 0 unspecified atom stereocenters. The van der Waals surface area contributed by atoms with Crippen molar-refractivity contribution in [3.63, 3.8) is 0 Å². The van der Waals surface area contributed by atoms with E-state index in [1.54, 1.807) is 36.4 Å². The molecule has 2 N–H and O–H groups in total. The van der Waals surface area contributed by atoms with E-state index in [1.165, 1.54) is 11.0 Å². The van der Waals surface area contributed by atoms with Crippen molar-refractivity contribution in [3.05, 3.63) is 64.8 Å². The van der Waals surface area contributed by atoms with E-state index in [-0.39, 0.29) is 6.04 Å². The summed E-state index contributed by atoms with van der Waals surface area (Å²) in [5.74, 6) is 0.710. The third-order valence-electron chi connectivity index (χ3n) is 5.08. The number of nitrogens with one attached hydrogen (secondary N) is 2. The molecular weight excluding hydrogens is 487 g/mol. The number of urea groups is 1. The second-order valence-electron chi connectivity index (χ2n) is 7.36. The highest BCUT2D eigenvalue weighted by atomic mass is 79.9. The van der Waals surface area contributed by atoms with Gasteiger partial charge in [0, 0.05) is 18.2 Å². The zero-order chi connectivity index (χ0) is 22.9. The van der Waals surface area contributed by atoms with Crippen molar-refractivity contribution in [1.82, 2.24) is 9.97 Å². The van der Waals surface area contributed by atoms with Crippen LogP contribution in [-0.4, -0.2) is 28.6 Å². The fourth-order valence-corrected chi connectivity index (χ4v) is 3.83. The number of aromatic nitrogens is 2. The Bertz CT molecular complexity index is 1150. The van der Waals surface area contributed by atoms with Crippen LogP contribution >= 0.6 is 15.9 Å². The normalized spacial score (nSPS) is 16.0. The van der Waals surface area contributed by atoms with Gasteiger partial charge in [-0.25, -0.2) is 14.8 Å². The first-order valence-corrected chi connectivity index (χ1v) is 10.7. The Morgan fingerprint density at radius 1 is 1.16 bits per heavy atom. The highest BCUT2D eigenvalue weighted by molar-refractivity contribution is 9.10. The van der Waals surface area contributed by atoms with Crippen LogP contribution < -0.4 is 15.5 Å². The topological polar surface area (TPSA) is 70.2 Å². The summed E-state index contributed by atoms with van der Waals surface area (Å²) in [5.41, 5.74) is 0.522. The van der Waals surface area contributed by atoms with Gasteiger partial charge in [0.2, 0.25) is 0 Å². The fraction of sp³-hybridized carbons (Fsp3) is 0.227. The Balaban J connectivity index is 1.73. The number of benzene rings is 1. The van der Waals surface area contributed by atoms with Gasteiger partial charge in [0.15, 0.2) is 5.82 Å². The Hall–Kier alpha value is -3.14. The van der Waals surface area contributed by atoms with E-state index in [9.17, 15) is 18.0 Å². The Morgan fingerprint density at radius 2 is 1.94 bits per heavy atom. The van der Waals surface area contributed by atoms with Crippen molar-refractivity contribution < 1.29 is 18.0 Å². The Labute approximate surface area is 191 Å². The molecule has 0 spiro atoms. The largest absolute Gasteiger partial charge is 0.416 e. The standard InChI is InChI=1S/C22H19BrF3N5O/c1-13-10-11-27-17-9-8-16(14-4-2-5-15(12-14)22(24,25)26)28-20(17)31(13)21(32)30-19-7-3-6-18(23)29-19/h2-9,12-13,27H,10-11H2,1H3,(H,29,30,32)/t13-/m1/s1. The van der Waals surface area contributed by atoms with Gasteiger partial charge >= 0.3 is 12.2 Å². The number of hydrogen-bond donors (Lipinski definition) is 2. The SMILES string of the molecule is C[C@@H]1CCNc2ccc(-c3cccc(C(F)(F)F)c3)nc2N1C(=O)Nc1cccc(Br)n1. The van der Waals surface area contributed by atoms with E-state index >= 15 is 0 Å². The minimum Gasteiger partial charge on any atom is -0.382 e. The lowest BCUT2D eigenvalue weighted by Gasteiger charge is -2.27. The number of halogens is 4. The molecule has 4 rings (SSSR count). The zero-order valence-electron chi connectivity index (χ0n) is 16.9. The first-order valence-electron chi connectivity index (χ1n) is 9.88. The summed E-state index contributed by atoms with van der Waals surface area (Å²) in [6.07, 6.45) is -3.80. The van der Waals surface area contributed by atoms with Crippen LogP contribution in [0, 0.1) is 0 Å². The first kappa shape index (κ1) is 22.1. The predicted molar refractivity (Wildman–Crippen MR) is 121 cm³/mol. The summed E-state index contributed by atoms with van der Waals surface area (Å²) in [4.78, 5) is 23.5. The van der Waals surface area contributed by atoms with Crippen LogP contribution in [0.3, 0.4) is 0 Å². The minimum atomic E-state index is -4.46. The lowest BCUT2D eigenvalue weighted by molar-refractivity contribution is -0.137. The van der Waals surface area contributed by atoms with E-state index < -0.39 is 17.8 Å². The van der Waals surface area contributed by atoms with E-state index in [2.05, 4.69) is 36.5 Å². The highest BCUT2D eigenvalue weighted by Gasteiger charge is 2.31. The Morgan fingerprint density at radius 3 is 2.69 bits per heavy atom. The summed E-state index contributed by atoms with van der Waals surface area (Å²) in [5, 5.41) is 6.01. The number of carbonyl (C=O) groups is 1. The van der Waals surface area contributed by atoms with Crippen LogP contribution in [0.15, 0.2) is 59.2 Å². The molecule has 3 aromatic rings. The van der Waals surface area contributed by atoms with Crippen molar-refractivity contribution >= 4 is 39.3 Å². The van der Waals surface area contributed by atoms with Gasteiger partial charge in [-0.05, 0) is 65.7 Å². The van der Waals surface area contributed by atoms with Crippen LogP contribution in [0.25, 0.3) is 11.3 Å². The minimum absolute atomic E-state index is 0.208. The molecule has 1 atom stereocenters. The molecule has 166 valence electrons. The number of fused-ring (bicyclic) bond motifs is 1. The molecule has 0 aliphatic carbocycles. The third kappa shape index (κ3) is 4.69. The number of alkyl halides is 3. The first-order chi connectivity index (χ1) is 15.2. The van der Waals surface area contributed by atoms with E-state index in [1.807, 2.05) is 6.92 Å². The van der Waals surface area contributed by atoms with E-state index in [0.29, 0.717) is 46.1 Å². The maximum atomic E-state index is 13.2. The summed E-state index contributed by atoms with van der Waals surface area (Å²) >= 11 is 3.27. The van der Waals surface area contributed by atoms with Gasteiger partial charge in [-0.3, -0.25) is 10.2 Å². The molecule has 1 aliphatic rings. The zero-order valence-corrected chi connectivity index (χ0v) is 18.5. The number of rotatable bonds is 2. The number of anilines is 3. The fourth-order valence-electron chi connectivity index (χ4n) is 3.48. The molecule has 0 bridgehead atoms. The molecule has 0 saturated heterocycles. The van der Waals surface area contributed by atoms with Crippen molar-refractivity contribution in [2.45, 2.75) is 25.6 Å². The molecule has 3 heterocycles. The maximum Gasteiger partial charge on any atom is 0.416 e. The van der Waals surface area contributed by atoms with Gasteiger partial charge < -0.3 is 5.32 Å². The van der Waals surface area contributed by atoms with Crippen molar-refractivity contribution in [3.8, 4) is 11.3 Å². The quantitative estimate of drug-likeness (QED) is 0.408. The van der Waals surface area contributed by atoms with Crippen LogP contribution in [0.5, 0.6) is 0 Å². The van der Waals surface area contributed by atoms with E-state index in [4.69, 9.17) is 0 Å². The molecule has 32 heavy (non-hydrogen) atoms. The van der Waals surface area contributed by atoms with Gasteiger partial charge in [-0.2, -0.15) is 13.2 Å². The second kappa shape index (κ2) is 8.78. The van der Waals surface area contributed by atoms with Crippen LogP contribution in [0.2, 0.25) is 0 Å². The molecular formula is C22H19BrF3N5O. The van der Waals surface area contributed by atoms with Gasteiger partial charge in [0.1, 0.15) is 10.4 Å². The van der Waals surface area contributed by atoms with Crippen LogP contribution in [-0.2, 0) is 6.18 Å². The van der Waals surface area contributed by atoms with Crippen molar-refractivity contribution in [1.29, 1.82) is 0 Å². The molecule has 6 nitrogen and oxygen atoms in total. The maximum absolute atomic E-state index is 13.2. The van der Waals surface area contributed by atoms with Crippen LogP contribution in [0.4, 0.5) is 35.3 Å². The lowest BCUT2D eigenvalue weighted by atomic mass is 10.1. The third-order valence-corrected chi connectivity index (χ3v) is 5.52. The number of pyridine rings is 2. The van der Waals surface area contributed by atoms with Gasteiger partial charge in [0.05, 0.1) is 16.9 Å². The summed E-state index contributed by atoms with van der Waals surface area (Å²) in [6.45, 7) is 2.51. The molecule has 1 aromatic carbocycles. The molecule has 1 aliphatic heterocycles. The summed E-state index contributed by atoms with van der Waals surface area (Å²) in [7, 11) is 0. The average Bonchev–Trinajstić information content (AvgIpc) is 2.90. The molecule has 10 heteroatoms. The number of amides is 2. The summed E-state index contributed by atoms with van der Waals surface area (Å²) in [6, 6.07) is 12.9. The number of carbonyl (C=O) groups excluding carboxylic acids is 1. The number of nitrogens with zero attached hydrogens (tertiary/aromatic N) is 3. The van der Waals surface area contributed by atoms with Gasteiger partial charge in [-0.1, -0.05) is 18.2 Å². The van der Waals surface area contributed by atoms with Gasteiger partial charge in [0.25, 0.3) is 0 Å². The number of hydrogen-bond acceptors (Lipinski definition) is 4. The smallest absolute Gasteiger partial charge is 0.382 e. The van der Waals surface area contributed by atoms with E-state index in [0.717, 1.165) is 12.1 Å². The highest BCUT2D eigenvalue weighted by Crippen LogP contribution is 2.35. The molecule has 2 amide bonds. The van der Waals surface area contributed by atoms with Crippen molar-refractivity contribution in [2.75, 3.05) is 22.1 Å².